The molecule has 0 spiro atoms. The van der Waals surface area contributed by atoms with Gasteiger partial charge in [-0.15, -0.1) is 0 Å². The molecule has 2 nitrogen and oxygen atoms in total. The molecular weight excluding hydrogens is 224 g/mol. The predicted octanol–water partition coefficient (Wildman–Crippen LogP) is 3.60. The lowest BCUT2D eigenvalue weighted by atomic mass is 10.1. The molecule has 18 heavy (non-hydrogen) atoms. The average molecular weight is 238 g/mol. The molecule has 0 unspecified atom stereocenters. The lowest BCUT2D eigenvalue weighted by Crippen LogP contribution is -1.92. The molecule has 0 heterocycles. The van der Waals surface area contributed by atoms with Crippen molar-refractivity contribution >= 4 is 11.9 Å². The normalized spacial score (nSPS) is 10.7. The zero-order chi connectivity index (χ0) is 13.0. The highest BCUT2D eigenvalue weighted by molar-refractivity contribution is 6.06. The highest BCUT2D eigenvalue weighted by Crippen LogP contribution is 2.20. The van der Waals surface area contributed by atoms with Crippen molar-refractivity contribution in [3.63, 3.8) is 0 Å². The Kier molecular flexibility index (Phi) is 3.58. The summed E-state index contributed by atoms with van der Waals surface area (Å²) in [7, 11) is 0. The number of carbonyl (C=O) groups excluding carboxylic acids is 1. The Balaban J connectivity index is 2.19. The zero-order valence-corrected chi connectivity index (χ0v) is 10.1. The van der Waals surface area contributed by atoms with Crippen molar-refractivity contribution in [1.29, 1.82) is 0 Å². The summed E-state index contributed by atoms with van der Waals surface area (Å²) in [5.41, 5.74) is 2.27. The molecule has 0 aliphatic heterocycles. The zero-order valence-electron chi connectivity index (χ0n) is 10.1. The third-order valence-corrected chi connectivity index (χ3v) is 2.66. The van der Waals surface area contributed by atoms with E-state index in [0.717, 1.165) is 5.56 Å². The Bertz CT molecular complexity index is 583. The van der Waals surface area contributed by atoms with Gasteiger partial charge in [0.05, 0.1) is 0 Å². The summed E-state index contributed by atoms with van der Waals surface area (Å²) >= 11 is 0. The summed E-state index contributed by atoms with van der Waals surface area (Å²) < 4.78 is 0. The number of hydrogen-bond acceptors (Lipinski definition) is 2. The molecule has 0 aliphatic carbocycles. The second-order valence-corrected chi connectivity index (χ2v) is 4.13. The highest BCUT2D eigenvalue weighted by atomic mass is 16.3. The molecule has 0 aliphatic rings. The minimum absolute atomic E-state index is 0.0735. The second-order valence-electron chi connectivity index (χ2n) is 4.13. The minimum Gasteiger partial charge on any atom is -0.507 e. The third-order valence-electron chi connectivity index (χ3n) is 2.66. The van der Waals surface area contributed by atoms with Gasteiger partial charge in [0, 0.05) is 11.1 Å². The van der Waals surface area contributed by atoms with Gasteiger partial charge in [-0.3, -0.25) is 4.79 Å². The van der Waals surface area contributed by atoms with Gasteiger partial charge in [0.25, 0.3) is 0 Å². The molecule has 0 atom stereocenters. The van der Waals surface area contributed by atoms with E-state index in [1.165, 1.54) is 6.08 Å². The largest absolute Gasteiger partial charge is 0.507 e. The van der Waals surface area contributed by atoms with E-state index < -0.39 is 0 Å². The number of allylic oxidation sites excluding steroid dienone is 1. The van der Waals surface area contributed by atoms with E-state index in [2.05, 4.69) is 0 Å². The van der Waals surface area contributed by atoms with Crippen LogP contribution in [0.2, 0.25) is 0 Å². The summed E-state index contributed by atoms with van der Waals surface area (Å²) in [6, 6.07) is 14.4. The Morgan fingerprint density at radius 2 is 1.83 bits per heavy atom. The molecule has 2 aromatic rings. The van der Waals surface area contributed by atoms with Crippen LogP contribution in [0.1, 0.15) is 21.5 Å². The number of aryl methyl sites for hydroxylation is 1. The summed E-state index contributed by atoms with van der Waals surface area (Å²) in [4.78, 5) is 11.8. The van der Waals surface area contributed by atoms with Crippen LogP contribution in [0.25, 0.3) is 6.08 Å². The standard InChI is InChI=1S/C16H14O2/c1-12-7-8-14(16(18)11-12)9-10-15(17)13-5-3-2-4-6-13/h2-11,18H,1H3/b10-9+. The van der Waals surface area contributed by atoms with Gasteiger partial charge in [0.15, 0.2) is 5.78 Å². The fraction of sp³-hybridized carbons (Fsp3) is 0.0625. The first kappa shape index (κ1) is 12.1. The van der Waals surface area contributed by atoms with Crippen LogP contribution in [0.5, 0.6) is 5.75 Å². The van der Waals surface area contributed by atoms with Gasteiger partial charge in [-0.25, -0.2) is 0 Å². The first-order valence-corrected chi connectivity index (χ1v) is 5.74. The lowest BCUT2D eigenvalue weighted by Gasteiger charge is -2.00. The van der Waals surface area contributed by atoms with Crippen molar-refractivity contribution in [2.45, 2.75) is 6.92 Å². The van der Waals surface area contributed by atoms with Gasteiger partial charge in [-0.05, 0) is 30.7 Å². The topological polar surface area (TPSA) is 37.3 Å². The van der Waals surface area contributed by atoms with Crippen molar-refractivity contribution in [3.05, 3.63) is 71.3 Å². The fourth-order valence-electron chi connectivity index (χ4n) is 1.66. The van der Waals surface area contributed by atoms with Crippen molar-refractivity contribution in [2.75, 3.05) is 0 Å². The predicted molar refractivity (Wildman–Crippen MR) is 72.7 cm³/mol. The first-order valence-electron chi connectivity index (χ1n) is 5.74. The summed E-state index contributed by atoms with van der Waals surface area (Å²) in [6.45, 7) is 1.91. The molecule has 0 bridgehead atoms. The molecule has 90 valence electrons. The van der Waals surface area contributed by atoms with Gasteiger partial charge >= 0.3 is 0 Å². The van der Waals surface area contributed by atoms with Gasteiger partial charge in [0.2, 0.25) is 0 Å². The van der Waals surface area contributed by atoms with Crippen LogP contribution in [-0.2, 0) is 0 Å². The maximum atomic E-state index is 11.8. The van der Waals surface area contributed by atoms with Gasteiger partial charge in [-0.1, -0.05) is 42.5 Å². The molecule has 2 aromatic carbocycles. The van der Waals surface area contributed by atoms with E-state index in [1.54, 1.807) is 30.3 Å². The molecule has 2 heteroatoms. The van der Waals surface area contributed by atoms with E-state index >= 15 is 0 Å². The van der Waals surface area contributed by atoms with Crippen LogP contribution in [0.15, 0.2) is 54.6 Å². The van der Waals surface area contributed by atoms with Crippen molar-refractivity contribution in [1.82, 2.24) is 0 Å². The Hall–Kier alpha value is -2.35. The van der Waals surface area contributed by atoms with E-state index in [1.807, 2.05) is 31.2 Å². The molecule has 0 saturated heterocycles. The van der Waals surface area contributed by atoms with Gasteiger partial charge in [0.1, 0.15) is 5.75 Å². The van der Waals surface area contributed by atoms with Crippen molar-refractivity contribution in [3.8, 4) is 5.75 Å². The number of rotatable bonds is 3. The number of ketones is 1. The third kappa shape index (κ3) is 2.86. The molecule has 2 rings (SSSR count). The minimum atomic E-state index is -0.0735. The van der Waals surface area contributed by atoms with Crippen molar-refractivity contribution < 1.29 is 9.90 Å². The molecule has 0 fully saturated rings. The molecular formula is C16H14O2. The molecule has 1 N–H and O–H groups in total. The number of aromatic hydroxyl groups is 1. The number of carbonyl (C=O) groups is 1. The summed E-state index contributed by atoms with van der Waals surface area (Å²) in [5, 5.41) is 9.71. The van der Waals surface area contributed by atoms with Crippen LogP contribution < -0.4 is 0 Å². The number of hydrogen-bond donors (Lipinski definition) is 1. The van der Waals surface area contributed by atoms with E-state index in [9.17, 15) is 9.90 Å². The maximum absolute atomic E-state index is 11.8. The molecule has 0 saturated carbocycles. The Morgan fingerprint density at radius 1 is 1.11 bits per heavy atom. The average Bonchev–Trinajstić information content (AvgIpc) is 2.38. The summed E-state index contributed by atoms with van der Waals surface area (Å²) in [5.74, 6) is 0.114. The smallest absolute Gasteiger partial charge is 0.185 e. The monoisotopic (exact) mass is 238 g/mol. The number of phenols is 1. The fourth-order valence-corrected chi connectivity index (χ4v) is 1.66. The van der Waals surface area contributed by atoms with Crippen LogP contribution >= 0.6 is 0 Å². The van der Waals surface area contributed by atoms with Crippen LogP contribution in [0.4, 0.5) is 0 Å². The van der Waals surface area contributed by atoms with Crippen LogP contribution in [0.3, 0.4) is 0 Å². The van der Waals surface area contributed by atoms with E-state index in [0.29, 0.717) is 11.1 Å². The molecule has 0 amide bonds. The second kappa shape index (κ2) is 5.32. The summed E-state index contributed by atoms with van der Waals surface area (Å²) in [6.07, 6.45) is 3.10. The number of benzene rings is 2. The lowest BCUT2D eigenvalue weighted by molar-refractivity contribution is 0.104. The van der Waals surface area contributed by atoms with E-state index in [4.69, 9.17) is 0 Å². The quantitative estimate of drug-likeness (QED) is 0.655. The maximum Gasteiger partial charge on any atom is 0.185 e. The SMILES string of the molecule is Cc1ccc(/C=C/C(=O)c2ccccc2)c(O)c1. The van der Waals surface area contributed by atoms with Crippen LogP contribution in [0, 0.1) is 6.92 Å². The van der Waals surface area contributed by atoms with Gasteiger partial charge in [-0.2, -0.15) is 0 Å². The number of phenolic OH excluding ortho intramolecular Hbond substituents is 1. The van der Waals surface area contributed by atoms with Crippen molar-refractivity contribution in [2.24, 2.45) is 0 Å². The molecule has 0 radical (unpaired) electrons. The highest BCUT2D eigenvalue weighted by Gasteiger charge is 2.01. The first-order chi connectivity index (χ1) is 8.66. The van der Waals surface area contributed by atoms with Gasteiger partial charge < -0.3 is 5.11 Å². The Labute approximate surface area is 106 Å². The van der Waals surface area contributed by atoms with Crippen LogP contribution in [-0.4, -0.2) is 10.9 Å². The Morgan fingerprint density at radius 3 is 2.50 bits per heavy atom. The van der Waals surface area contributed by atoms with E-state index in [-0.39, 0.29) is 11.5 Å². The molecule has 0 aromatic heterocycles.